The van der Waals surface area contributed by atoms with Gasteiger partial charge in [-0.15, -0.1) is 0 Å². The Bertz CT molecular complexity index is 1490. The fourth-order valence-corrected chi connectivity index (χ4v) is 4.99. The second-order valence-electron chi connectivity index (χ2n) is 8.05. The van der Waals surface area contributed by atoms with Crippen molar-refractivity contribution in [2.75, 3.05) is 12.4 Å². The third-order valence-electron chi connectivity index (χ3n) is 5.55. The Morgan fingerprint density at radius 2 is 1.86 bits per heavy atom. The van der Waals surface area contributed by atoms with Gasteiger partial charge < -0.3 is 14.6 Å². The van der Waals surface area contributed by atoms with Crippen molar-refractivity contribution in [2.45, 2.75) is 23.8 Å². The lowest BCUT2D eigenvalue weighted by Gasteiger charge is -2.14. The molecule has 5 rings (SSSR count). The molecule has 11 heteroatoms. The van der Waals surface area contributed by atoms with Gasteiger partial charge in [0.1, 0.15) is 22.8 Å². The summed E-state index contributed by atoms with van der Waals surface area (Å²) < 4.78 is 50.8. The van der Waals surface area contributed by atoms with Crippen molar-refractivity contribution in [1.82, 2.24) is 19.1 Å². The van der Waals surface area contributed by atoms with Gasteiger partial charge in [0.15, 0.2) is 5.82 Å². The Kier molecular flexibility index (Phi) is 5.87. The maximum Gasteiger partial charge on any atom is 0.261 e. The number of halogens is 1. The van der Waals surface area contributed by atoms with Crippen LogP contribution in [0.4, 0.5) is 10.1 Å². The lowest BCUT2D eigenvalue weighted by atomic mass is 10.2. The summed E-state index contributed by atoms with van der Waals surface area (Å²) in [6.07, 6.45) is 6.35. The molecule has 4 aromatic rings. The van der Waals surface area contributed by atoms with E-state index in [-0.39, 0.29) is 33.6 Å². The number of hydrogen-bond donors (Lipinski definition) is 2. The zero-order valence-corrected chi connectivity index (χ0v) is 19.5. The van der Waals surface area contributed by atoms with Gasteiger partial charge in [-0.25, -0.2) is 22.2 Å². The van der Waals surface area contributed by atoms with Crippen molar-refractivity contribution in [3.63, 3.8) is 0 Å². The Hall–Kier alpha value is -3.96. The highest BCUT2D eigenvalue weighted by Crippen LogP contribution is 2.30. The molecule has 0 saturated heterocycles. The van der Waals surface area contributed by atoms with E-state index >= 15 is 0 Å². The molecule has 2 aromatic carbocycles. The summed E-state index contributed by atoms with van der Waals surface area (Å²) in [5.74, 6) is -0.471. The molecule has 35 heavy (non-hydrogen) atoms. The molecule has 0 atom stereocenters. The third kappa shape index (κ3) is 4.55. The number of carbonyl (C=O) groups excluding carboxylic acids is 1. The maximum atomic E-state index is 14.6. The highest BCUT2D eigenvalue weighted by molar-refractivity contribution is 7.89. The lowest BCUT2D eigenvalue weighted by Crippen LogP contribution is -2.26. The average Bonchev–Trinajstić information content (AvgIpc) is 3.30. The van der Waals surface area contributed by atoms with Gasteiger partial charge in [0.25, 0.3) is 5.91 Å². The highest BCUT2D eigenvalue weighted by atomic mass is 32.2. The zero-order chi connectivity index (χ0) is 24.6. The molecular weight excluding hydrogens is 473 g/mol. The van der Waals surface area contributed by atoms with E-state index in [0.717, 1.165) is 12.8 Å². The number of nitrogens with one attached hydrogen (secondary N) is 2. The van der Waals surface area contributed by atoms with E-state index < -0.39 is 21.7 Å². The van der Waals surface area contributed by atoms with Gasteiger partial charge >= 0.3 is 0 Å². The molecule has 2 aromatic heterocycles. The minimum absolute atomic E-state index is 0.00758. The number of ether oxygens (including phenoxy) is 1. The van der Waals surface area contributed by atoms with Gasteiger partial charge in [-0.1, -0.05) is 12.1 Å². The van der Waals surface area contributed by atoms with E-state index in [1.807, 2.05) is 0 Å². The minimum Gasteiger partial charge on any atom is -0.495 e. The molecule has 180 valence electrons. The van der Waals surface area contributed by atoms with E-state index in [1.165, 1.54) is 42.3 Å². The van der Waals surface area contributed by atoms with Crippen LogP contribution in [0, 0.1) is 5.82 Å². The smallest absolute Gasteiger partial charge is 0.261 e. The van der Waals surface area contributed by atoms with Crippen molar-refractivity contribution in [1.29, 1.82) is 0 Å². The standard InChI is InChI=1S/C24H22FN5O4S/c1-34-22-11-10-17(35(32,33)28-16-8-9-16)14-20(22)27-23(31)18-15-26-30(21-7-3-2-6-19(21)25)24(18)29-12-4-5-13-29/h2-7,10-16,28H,8-9H2,1H3,(H,27,31). The highest BCUT2D eigenvalue weighted by Gasteiger charge is 2.29. The number of rotatable bonds is 8. The number of sulfonamides is 1. The number of benzene rings is 2. The monoisotopic (exact) mass is 495 g/mol. The number of amides is 1. The van der Waals surface area contributed by atoms with Crippen LogP contribution >= 0.6 is 0 Å². The number of nitrogens with zero attached hydrogens (tertiary/aromatic N) is 3. The van der Waals surface area contributed by atoms with Crippen molar-refractivity contribution >= 4 is 21.6 Å². The first-order valence-electron chi connectivity index (χ1n) is 10.9. The molecule has 1 amide bonds. The Morgan fingerprint density at radius 1 is 1.11 bits per heavy atom. The summed E-state index contributed by atoms with van der Waals surface area (Å²) in [5.41, 5.74) is 0.496. The molecule has 0 radical (unpaired) electrons. The molecule has 2 heterocycles. The SMILES string of the molecule is COc1ccc(S(=O)(=O)NC2CC2)cc1NC(=O)c1cnn(-c2ccccc2F)c1-n1cccc1. The molecule has 9 nitrogen and oxygen atoms in total. The predicted octanol–water partition coefficient (Wildman–Crippen LogP) is 3.50. The van der Waals surface area contributed by atoms with Crippen molar-refractivity contribution in [2.24, 2.45) is 0 Å². The fourth-order valence-electron chi connectivity index (χ4n) is 3.66. The van der Waals surface area contributed by atoms with Crippen LogP contribution in [-0.4, -0.2) is 41.8 Å². The Labute approximate surface area is 201 Å². The number of anilines is 1. The number of carbonyl (C=O) groups is 1. The van der Waals surface area contributed by atoms with Gasteiger partial charge in [-0.05, 0) is 55.3 Å². The van der Waals surface area contributed by atoms with Crippen LogP contribution in [0.5, 0.6) is 5.75 Å². The molecule has 1 fully saturated rings. The fraction of sp³-hybridized carbons (Fsp3) is 0.167. The van der Waals surface area contributed by atoms with Crippen molar-refractivity contribution < 1.29 is 22.3 Å². The number of aromatic nitrogens is 3. The van der Waals surface area contributed by atoms with Gasteiger partial charge in [0.2, 0.25) is 10.0 Å². The van der Waals surface area contributed by atoms with Gasteiger partial charge in [0, 0.05) is 18.4 Å². The molecule has 0 spiro atoms. The molecule has 0 bridgehead atoms. The van der Waals surface area contributed by atoms with Crippen LogP contribution in [0.25, 0.3) is 11.5 Å². The minimum atomic E-state index is -3.74. The Balaban J connectivity index is 1.53. The molecule has 1 aliphatic carbocycles. The summed E-state index contributed by atoms with van der Waals surface area (Å²) in [7, 11) is -2.32. The molecule has 0 aliphatic heterocycles. The molecule has 1 saturated carbocycles. The van der Waals surface area contributed by atoms with Crippen LogP contribution in [0.15, 0.2) is 78.1 Å². The summed E-state index contributed by atoms with van der Waals surface area (Å²) in [5, 5.41) is 6.99. The molecule has 0 unspecified atom stereocenters. The van der Waals surface area contributed by atoms with E-state index in [2.05, 4.69) is 15.1 Å². The van der Waals surface area contributed by atoms with Gasteiger partial charge in [-0.2, -0.15) is 5.10 Å². The number of hydrogen-bond acceptors (Lipinski definition) is 5. The lowest BCUT2D eigenvalue weighted by molar-refractivity contribution is 0.102. The summed E-state index contributed by atoms with van der Waals surface area (Å²) in [6.45, 7) is 0. The number of para-hydroxylation sites is 1. The van der Waals surface area contributed by atoms with Crippen LogP contribution in [0.3, 0.4) is 0 Å². The van der Waals surface area contributed by atoms with Crippen LogP contribution in [0.2, 0.25) is 0 Å². The average molecular weight is 496 g/mol. The maximum absolute atomic E-state index is 14.6. The second-order valence-corrected chi connectivity index (χ2v) is 9.76. The second kappa shape index (κ2) is 9.01. The topological polar surface area (TPSA) is 107 Å². The summed E-state index contributed by atoms with van der Waals surface area (Å²) >= 11 is 0. The summed E-state index contributed by atoms with van der Waals surface area (Å²) in [4.78, 5) is 13.4. The quantitative estimate of drug-likeness (QED) is 0.389. The van der Waals surface area contributed by atoms with Gasteiger partial charge in [0.05, 0.1) is 23.9 Å². The van der Waals surface area contributed by atoms with E-state index in [4.69, 9.17) is 4.74 Å². The summed E-state index contributed by atoms with van der Waals surface area (Å²) in [6, 6.07) is 13.8. The molecular formula is C24H22FN5O4S. The molecule has 2 N–H and O–H groups in total. The van der Waals surface area contributed by atoms with E-state index in [0.29, 0.717) is 5.82 Å². The van der Waals surface area contributed by atoms with Crippen LogP contribution in [-0.2, 0) is 10.0 Å². The molecule has 1 aliphatic rings. The van der Waals surface area contributed by atoms with Crippen LogP contribution < -0.4 is 14.8 Å². The first-order valence-corrected chi connectivity index (χ1v) is 12.3. The number of methoxy groups -OCH3 is 1. The largest absolute Gasteiger partial charge is 0.495 e. The van der Waals surface area contributed by atoms with E-state index in [9.17, 15) is 17.6 Å². The Morgan fingerprint density at radius 3 is 2.54 bits per heavy atom. The van der Waals surface area contributed by atoms with Crippen molar-refractivity contribution in [3.05, 3.63) is 84.6 Å². The van der Waals surface area contributed by atoms with Gasteiger partial charge in [-0.3, -0.25) is 4.79 Å². The van der Waals surface area contributed by atoms with Crippen molar-refractivity contribution in [3.8, 4) is 17.3 Å². The third-order valence-corrected chi connectivity index (χ3v) is 7.06. The first-order chi connectivity index (χ1) is 16.9. The first kappa shape index (κ1) is 22.8. The normalized spacial score (nSPS) is 13.5. The van der Waals surface area contributed by atoms with Crippen LogP contribution in [0.1, 0.15) is 23.2 Å². The van der Waals surface area contributed by atoms with E-state index in [1.54, 1.807) is 47.3 Å². The zero-order valence-electron chi connectivity index (χ0n) is 18.7. The predicted molar refractivity (Wildman–Crippen MR) is 127 cm³/mol.